The second-order valence-corrected chi connectivity index (χ2v) is 8.48. The first kappa shape index (κ1) is 23.5. The molecule has 0 aliphatic carbocycles. The van der Waals surface area contributed by atoms with Gasteiger partial charge in [0.2, 0.25) is 6.79 Å². The molecular weight excluding hydrogens is 362 g/mol. The lowest BCUT2D eigenvalue weighted by Gasteiger charge is -2.33. The van der Waals surface area contributed by atoms with E-state index in [9.17, 15) is 14.4 Å². The molecule has 1 aromatic carbocycles. The topological polar surface area (TPSA) is 82.1 Å². The van der Waals surface area contributed by atoms with E-state index in [1.807, 2.05) is 51.1 Å². The average molecular weight is 393 g/mol. The van der Waals surface area contributed by atoms with Crippen molar-refractivity contribution >= 4 is 18.0 Å². The second-order valence-electron chi connectivity index (χ2n) is 8.48. The number of hydrogen-bond acceptors (Lipinski definition) is 6. The van der Waals surface area contributed by atoms with E-state index in [0.717, 1.165) is 5.56 Å². The predicted molar refractivity (Wildman–Crippen MR) is 104 cm³/mol. The first-order valence-electron chi connectivity index (χ1n) is 9.16. The van der Waals surface area contributed by atoms with E-state index in [0.29, 0.717) is 0 Å². The molecule has 0 atom stereocenters. The van der Waals surface area contributed by atoms with Crippen LogP contribution in [0.15, 0.2) is 30.3 Å². The Morgan fingerprint density at radius 2 is 1.43 bits per heavy atom. The van der Waals surface area contributed by atoms with Crippen LogP contribution in [0.2, 0.25) is 0 Å². The molecule has 28 heavy (non-hydrogen) atoms. The van der Waals surface area contributed by atoms with Crippen LogP contribution in [0.3, 0.4) is 0 Å². The van der Waals surface area contributed by atoms with Crippen LogP contribution in [0, 0.1) is 5.41 Å². The van der Waals surface area contributed by atoms with Gasteiger partial charge in [-0.25, -0.2) is 4.79 Å². The molecule has 1 rings (SSSR count). The minimum absolute atomic E-state index is 0.00472. The largest absolute Gasteiger partial charge is 0.461 e. The fourth-order valence-electron chi connectivity index (χ4n) is 2.23. The van der Waals surface area contributed by atoms with E-state index in [-0.39, 0.29) is 24.9 Å². The van der Waals surface area contributed by atoms with Gasteiger partial charge in [-0.3, -0.25) is 9.59 Å². The molecular formula is C21H31NO6. The van der Waals surface area contributed by atoms with Crippen LogP contribution in [0.1, 0.15) is 53.0 Å². The Kier molecular flexibility index (Phi) is 8.47. The van der Waals surface area contributed by atoms with Gasteiger partial charge in [0.15, 0.2) is 0 Å². The van der Waals surface area contributed by atoms with Crippen molar-refractivity contribution in [2.24, 2.45) is 5.41 Å². The Morgan fingerprint density at radius 1 is 0.857 bits per heavy atom. The first-order chi connectivity index (χ1) is 12.9. The van der Waals surface area contributed by atoms with Crippen molar-refractivity contribution in [3.8, 4) is 0 Å². The number of nitrogens with zero attached hydrogens (tertiary/aromatic N) is 1. The molecule has 0 N–H and O–H groups in total. The van der Waals surface area contributed by atoms with Gasteiger partial charge in [0.05, 0.1) is 18.4 Å². The van der Waals surface area contributed by atoms with Crippen molar-refractivity contribution in [1.82, 2.24) is 4.90 Å². The number of carbonyl (C=O) groups excluding carboxylic acids is 3. The molecule has 1 aromatic rings. The highest BCUT2D eigenvalue weighted by atomic mass is 16.7. The number of esters is 2. The molecule has 0 saturated carbocycles. The zero-order valence-corrected chi connectivity index (χ0v) is 17.6. The highest BCUT2D eigenvalue weighted by molar-refractivity contribution is 5.74. The maximum absolute atomic E-state index is 12.2. The number of ether oxygens (including phenoxy) is 3. The first-order valence-corrected chi connectivity index (χ1v) is 9.16. The zero-order valence-electron chi connectivity index (χ0n) is 17.6. The lowest BCUT2D eigenvalue weighted by molar-refractivity contribution is -0.154. The van der Waals surface area contributed by atoms with Crippen LogP contribution >= 0.6 is 0 Å². The van der Waals surface area contributed by atoms with E-state index in [1.165, 1.54) is 11.9 Å². The van der Waals surface area contributed by atoms with Crippen LogP contribution < -0.4 is 0 Å². The Morgan fingerprint density at radius 3 is 2.00 bits per heavy atom. The van der Waals surface area contributed by atoms with E-state index >= 15 is 0 Å². The van der Waals surface area contributed by atoms with Crippen LogP contribution in [-0.2, 0) is 30.4 Å². The van der Waals surface area contributed by atoms with Crippen LogP contribution in [0.5, 0.6) is 0 Å². The van der Waals surface area contributed by atoms with Gasteiger partial charge < -0.3 is 19.1 Å². The number of benzene rings is 1. The number of hydrogen-bond donors (Lipinski definition) is 0. The molecule has 0 unspecified atom stereocenters. The molecule has 0 radical (unpaired) electrons. The average Bonchev–Trinajstić information content (AvgIpc) is 2.58. The molecule has 0 heterocycles. The lowest BCUT2D eigenvalue weighted by Crippen LogP contribution is -2.47. The SMILES string of the molecule is CN(C(=O)OCOC(=O)CC(C)(C)C)C(C)(C)CC(=O)OCc1ccccc1. The minimum atomic E-state index is -0.833. The fraction of sp³-hybridized carbons (Fsp3) is 0.571. The summed E-state index contributed by atoms with van der Waals surface area (Å²) in [7, 11) is 1.52. The zero-order chi connectivity index (χ0) is 21.4. The lowest BCUT2D eigenvalue weighted by atomic mass is 9.93. The quantitative estimate of drug-likeness (QED) is 0.492. The maximum atomic E-state index is 12.2. The van der Waals surface area contributed by atoms with Crippen LogP contribution in [-0.4, -0.2) is 42.3 Å². The Bertz CT molecular complexity index is 663. The molecule has 7 nitrogen and oxygen atoms in total. The molecule has 0 fully saturated rings. The summed E-state index contributed by atoms with van der Waals surface area (Å²) in [4.78, 5) is 37.2. The van der Waals surface area contributed by atoms with Gasteiger partial charge in [0.25, 0.3) is 0 Å². The molecule has 0 aliphatic heterocycles. The third kappa shape index (κ3) is 8.88. The summed E-state index contributed by atoms with van der Waals surface area (Å²) >= 11 is 0. The molecule has 0 aromatic heterocycles. The minimum Gasteiger partial charge on any atom is -0.461 e. The maximum Gasteiger partial charge on any atom is 0.412 e. The summed E-state index contributed by atoms with van der Waals surface area (Å²) in [6.45, 7) is 8.89. The van der Waals surface area contributed by atoms with Crippen molar-refractivity contribution in [2.45, 2.75) is 59.6 Å². The highest BCUT2D eigenvalue weighted by Crippen LogP contribution is 2.20. The van der Waals surface area contributed by atoms with E-state index in [2.05, 4.69) is 0 Å². The summed E-state index contributed by atoms with van der Waals surface area (Å²) < 4.78 is 15.2. The van der Waals surface area contributed by atoms with Crippen molar-refractivity contribution in [1.29, 1.82) is 0 Å². The van der Waals surface area contributed by atoms with E-state index < -0.39 is 30.4 Å². The standard InChI is InChI=1S/C21H31NO6/c1-20(2,3)12-17(23)27-15-28-19(25)22(6)21(4,5)13-18(24)26-14-16-10-8-7-9-11-16/h7-11H,12-15H2,1-6H3. The van der Waals surface area contributed by atoms with Gasteiger partial charge >= 0.3 is 18.0 Å². The summed E-state index contributed by atoms with van der Waals surface area (Å²) in [5.74, 6) is -0.864. The van der Waals surface area contributed by atoms with Gasteiger partial charge in [0.1, 0.15) is 6.61 Å². The predicted octanol–water partition coefficient (Wildman–Crippen LogP) is 3.90. The molecule has 7 heteroatoms. The van der Waals surface area contributed by atoms with Gasteiger partial charge in [-0.05, 0) is 24.8 Å². The van der Waals surface area contributed by atoms with Gasteiger partial charge in [-0.1, -0.05) is 51.1 Å². The summed E-state index contributed by atoms with van der Waals surface area (Å²) in [6.07, 6.45) is -0.474. The molecule has 0 saturated heterocycles. The van der Waals surface area contributed by atoms with Crippen molar-refractivity contribution in [3.63, 3.8) is 0 Å². The second kappa shape index (κ2) is 10.1. The molecule has 0 spiro atoms. The number of carbonyl (C=O) groups is 3. The molecule has 0 bridgehead atoms. The molecule has 0 aliphatic rings. The van der Waals surface area contributed by atoms with Crippen molar-refractivity contribution < 1.29 is 28.6 Å². The highest BCUT2D eigenvalue weighted by Gasteiger charge is 2.32. The third-order valence-corrected chi connectivity index (χ3v) is 4.08. The van der Waals surface area contributed by atoms with E-state index in [1.54, 1.807) is 13.8 Å². The number of amides is 1. The van der Waals surface area contributed by atoms with E-state index in [4.69, 9.17) is 14.2 Å². The molecule has 156 valence electrons. The molecule has 1 amide bonds. The van der Waals surface area contributed by atoms with Crippen molar-refractivity contribution in [2.75, 3.05) is 13.8 Å². The van der Waals surface area contributed by atoms with Gasteiger partial charge in [-0.2, -0.15) is 0 Å². The fourth-order valence-corrected chi connectivity index (χ4v) is 2.23. The Balaban J connectivity index is 2.42. The Labute approximate surface area is 166 Å². The Hall–Kier alpha value is -2.57. The monoisotopic (exact) mass is 393 g/mol. The summed E-state index contributed by atoms with van der Waals surface area (Å²) in [6, 6.07) is 9.34. The van der Waals surface area contributed by atoms with Crippen LogP contribution in [0.4, 0.5) is 4.79 Å². The number of rotatable bonds is 8. The third-order valence-electron chi connectivity index (χ3n) is 4.08. The normalized spacial score (nSPS) is 11.5. The van der Waals surface area contributed by atoms with Crippen LogP contribution in [0.25, 0.3) is 0 Å². The summed E-state index contributed by atoms with van der Waals surface area (Å²) in [5.41, 5.74) is -0.154. The van der Waals surface area contributed by atoms with Crippen molar-refractivity contribution in [3.05, 3.63) is 35.9 Å². The van der Waals surface area contributed by atoms with Gasteiger partial charge in [0, 0.05) is 7.05 Å². The van der Waals surface area contributed by atoms with Gasteiger partial charge in [-0.15, -0.1) is 0 Å². The summed E-state index contributed by atoms with van der Waals surface area (Å²) in [5, 5.41) is 0. The smallest absolute Gasteiger partial charge is 0.412 e.